The van der Waals surface area contributed by atoms with Crippen molar-refractivity contribution < 1.29 is 9.18 Å². The molecule has 3 heterocycles. The molecule has 1 amide bonds. The van der Waals surface area contributed by atoms with Crippen LogP contribution in [0.25, 0.3) is 10.9 Å². The third kappa shape index (κ3) is 3.29. The van der Waals surface area contributed by atoms with Crippen LogP contribution >= 0.6 is 0 Å². The number of amides is 1. The van der Waals surface area contributed by atoms with Gasteiger partial charge in [-0.25, -0.2) is 9.37 Å². The van der Waals surface area contributed by atoms with Gasteiger partial charge in [0.2, 0.25) is 5.91 Å². The van der Waals surface area contributed by atoms with E-state index in [9.17, 15) is 9.18 Å². The van der Waals surface area contributed by atoms with E-state index in [-0.39, 0.29) is 17.8 Å². The zero-order valence-corrected chi connectivity index (χ0v) is 16.5. The van der Waals surface area contributed by atoms with Gasteiger partial charge in [-0.1, -0.05) is 48.5 Å². The van der Waals surface area contributed by atoms with Gasteiger partial charge >= 0.3 is 0 Å². The van der Waals surface area contributed by atoms with E-state index in [2.05, 4.69) is 22.0 Å². The lowest BCUT2D eigenvalue weighted by Crippen LogP contribution is -2.34. The predicted octanol–water partition coefficient (Wildman–Crippen LogP) is 4.03. The summed E-state index contributed by atoms with van der Waals surface area (Å²) >= 11 is 0. The minimum absolute atomic E-state index is 0.130. The van der Waals surface area contributed by atoms with Gasteiger partial charge in [-0.15, -0.1) is 0 Å². The van der Waals surface area contributed by atoms with Crippen LogP contribution in [0.2, 0.25) is 0 Å². The van der Waals surface area contributed by atoms with Crippen molar-refractivity contribution in [2.75, 3.05) is 19.6 Å². The van der Waals surface area contributed by atoms with E-state index in [0.29, 0.717) is 23.9 Å². The highest BCUT2D eigenvalue weighted by atomic mass is 19.1. The quantitative estimate of drug-likeness (QED) is 0.679. The molecule has 29 heavy (non-hydrogen) atoms. The molecule has 3 aromatic rings. The second-order valence-electron chi connectivity index (χ2n) is 8.26. The maximum absolute atomic E-state index is 14.1. The van der Waals surface area contributed by atoms with Crippen molar-refractivity contribution in [2.45, 2.75) is 19.5 Å². The lowest BCUT2D eigenvalue weighted by molar-refractivity contribution is -0.130. The van der Waals surface area contributed by atoms with Gasteiger partial charge in [0.15, 0.2) is 0 Å². The number of fused-ring (bicyclic) bond motifs is 2. The number of pyridine rings is 1. The molecule has 2 aliphatic heterocycles. The van der Waals surface area contributed by atoms with Crippen molar-refractivity contribution >= 4 is 16.8 Å². The molecule has 0 spiro atoms. The molecule has 4 nitrogen and oxygen atoms in total. The number of rotatable bonds is 3. The van der Waals surface area contributed by atoms with Crippen LogP contribution in [0.3, 0.4) is 0 Å². The summed E-state index contributed by atoms with van der Waals surface area (Å²) < 4.78 is 14.1. The van der Waals surface area contributed by atoms with Crippen LogP contribution in [0, 0.1) is 17.7 Å². The molecular weight excluding hydrogens is 365 g/mol. The molecule has 2 saturated heterocycles. The standard InChI is InChI=1S/C24H24FN3O/c1-16(29)28-13-19-12-27(15-21(19)24(28)18-6-3-2-4-7-18)14-20-11-10-17-8-5-9-22(25)23(17)26-20/h2-11,19,21,24H,12-15H2,1H3/t19-,21-,24-/m1/s1. The number of halogens is 1. The Morgan fingerprint density at radius 3 is 2.66 bits per heavy atom. The average Bonchev–Trinajstić information content (AvgIpc) is 3.26. The van der Waals surface area contributed by atoms with Crippen LogP contribution in [0.5, 0.6) is 0 Å². The first-order chi connectivity index (χ1) is 14.1. The fourth-order valence-electron chi connectivity index (χ4n) is 5.14. The van der Waals surface area contributed by atoms with Crippen LogP contribution in [0.1, 0.15) is 24.2 Å². The Hall–Kier alpha value is -2.79. The average molecular weight is 389 g/mol. The molecule has 2 aromatic carbocycles. The minimum Gasteiger partial charge on any atom is -0.335 e. The highest BCUT2D eigenvalue weighted by Crippen LogP contribution is 2.45. The number of aromatic nitrogens is 1. The maximum atomic E-state index is 14.1. The van der Waals surface area contributed by atoms with E-state index in [1.165, 1.54) is 11.6 Å². The van der Waals surface area contributed by atoms with E-state index in [4.69, 9.17) is 0 Å². The first kappa shape index (κ1) is 18.3. The Morgan fingerprint density at radius 2 is 1.86 bits per heavy atom. The summed E-state index contributed by atoms with van der Waals surface area (Å²) in [5.41, 5.74) is 2.54. The van der Waals surface area contributed by atoms with Crippen LogP contribution in [0.15, 0.2) is 60.7 Å². The molecule has 0 saturated carbocycles. The molecule has 0 aliphatic carbocycles. The van der Waals surface area contributed by atoms with E-state index >= 15 is 0 Å². The molecule has 1 aromatic heterocycles. The summed E-state index contributed by atoms with van der Waals surface area (Å²) in [5.74, 6) is 0.746. The van der Waals surface area contributed by atoms with Crippen LogP contribution in [0.4, 0.5) is 4.39 Å². The third-order valence-corrected chi connectivity index (χ3v) is 6.40. The summed E-state index contributed by atoms with van der Waals surface area (Å²) in [6, 6.07) is 19.5. The van der Waals surface area contributed by atoms with Gasteiger partial charge < -0.3 is 4.90 Å². The zero-order valence-electron chi connectivity index (χ0n) is 16.5. The monoisotopic (exact) mass is 389 g/mol. The maximum Gasteiger partial charge on any atom is 0.219 e. The smallest absolute Gasteiger partial charge is 0.219 e. The highest BCUT2D eigenvalue weighted by molar-refractivity contribution is 5.79. The van der Waals surface area contributed by atoms with Crippen molar-refractivity contribution in [2.24, 2.45) is 11.8 Å². The normalized spacial score (nSPS) is 24.2. The van der Waals surface area contributed by atoms with E-state index < -0.39 is 0 Å². The SMILES string of the molecule is CC(=O)N1C[C@H]2CN(Cc3ccc4cccc(F)c4n3)C[C@H]2[C@H]1c1ccccc1. The first-order valence-corrected chi connectivity index (χ1v) is 10.2. The van der Waals surface area contributed by atoms with E-state index in [1.807, 2.05) is 41.3 Å². The molecule has 0 radical (unpaired) electrons. The number of carbonyl (C=O) groups excluding carboxylic acids is 1. The predicted molar refractivity (Wildman–Crippen MR) is 111 cm³/mol. The van der Waals surface area contributed by atoms with Crippen molar-refractivity contribution in [1.29, 1.82) is 0 Å². The number of carbonyl (C=O) groups is 1. The van der Waals surface area contributed by atoms with Crippen molar-refractivity contribution in [3.8, 4) is 0 Å². The summed E-state index contributed by atoms with van der Waals surface area (Å²) in [7, 11) is 0. The fourth-order valence-corrected chi connectivity index (χ4v) is 5.14. The second-order valence-corrected chi connectivity index (χ2v) is 8.26. The molecule has 0 N–H and O–H groups in total. The van der Waals surface area contributed by atoms with Gasteiger partial charge in [-0.2, -0.15) is 0 Å². The topological polar surface area (TPSA) is 36.4 Å². The zero-order chi connectivity index (χ0) is 20.0. The summed E-state index contributed by atoms with van der Waals surface area (Å²) in [5, 5.41) is 0.827. The Balaban J connectivity index is 1.37. The minimum atomic E-state index is -0.274. The number of hydrogen-bond acceptors (Lipinski definition) is 3. The molecule has 0 unspecified atom stereocenters. The molecule has 148 valence electrons. The molecule has 3 atom stereocenters. The molecule has 2 fully saturated rings. The van der Waals surface area contributed by atoms with Crippen molar-refractivity contribution in [3.63, 3.8) is 0 Å². The molecule has 5 heteroatoms. The van der Waals surface area contributed by atoms with Crippen LogP contribution in [-0.4, -0.2) is 40.3 Å². The fraction of sp³-hybridized carbons (Fsp3) is 0.333. The third-order valence-electron chi connectivity index (χ3n) is 6.40. The van der Waals surface area contributed by atoms with Gasteiger partial charge in [0.05, 0.1) is 11.7 Å². The lowest BCUT2D eigenvalue weighted by atomic mass is 9.89. The van der Waals surface area contributed by atoms with Crippen molar-refractivity contribution in [1.82, 2.24) is 14.8 Å². The van der Waals surface area contributed by atoms with Gasteiger partial charge in [-0.3, -0.25) is 9.69 Å². The van der Waals surface area contributed by atoms with Gasteiger partial charge in [-0.05, 0) is 23.6 Å². The Labute approximate surface area is 170 Å². The number of nitrogens with zero attached hydrogens (tertiary/aromatic N) is 3. The van der Waals surface area contributed by atoms with Crippen molar-refractivity contribution in [3.05, 3.63) is 77.7 Å². The number of likely N-dealkylation sites (tertiary alicyclic amines) is 2. The number of benzene rings is 2. The summed E-state index contributed by atoms with van der Waals surface area (Å²) in [6.45, 7) is 5.04. The largest absolute Gasteiger partial charge is 0.335 e. The van der Waals surface area contributed by atoms with Gasteiger partial charge in [0.1, 0.15) is 11.3 Å². The van der Waals surface area contributed by atoms with E-state index in [0.717, 1.165) is 30.7 Å². The molecule has 0 bridgehead atoms. The van der Waals surface area contributed by atoms with Crippen LogP contribution < -0.4 is 0 Å². The Morgan fingerprint density at radius 1 is 1.03 bits per heavy atom. The Bertz CT molecular complexity index is 1050. The Kier molecular flexibility index (Phi) is 4.55. The van der Waals surface area contributed by atoms with E-state index in [1.54, 1.807) is 13.0 Å². The lowest BCUT2D eigenvalue weighted by Gasteiger charge is -2.29. The molecular formula is C24H24FN3O. The second kappa shape index (κ2) is 7.23. The van der Waals surface area contributed by atoms with Gasteiger partial charge in [0.25, 0.3) is 0 Å². The number of hydrogen-bond donors (Lipinski definition) is 0. The van der Waals surface area contributed by atoms with Gasteiger partial charge in [0, 0.05) is 44.4 Å². The molecule has 2 aliphatic rings. The first-order valence-electron chi connectivity index (χ1n) is 10.2. The highest BCUT2D eigenvalue weighted by Gasteiger charge is 2.48. The molecule has 5 rings (SSSR count). The summed E-state index contributed by atoms with van der Waals surface area (Å²) in [4.78, 5) is 21.3. The summed E-state index contributed by atoms with van der Waals surface area (Å²) in [6.07, 6.45) is 0. The number of para-hydroxylation sites is 1. The van der Waals surface area contributed by atoms with Crippen LogP contribution in [-0.2, 0) is 11.3 Å².